The molecule has 5 heteroatoms. The smallest absolute Gasteiger partial charge is 0.124 e. The normalized spacial score (nSPS) is 11.8. The van der Waals surface area contributed by atoms with Crippen LogP contribution in [-0.4, -0.2) is 0 Å². The van der Waals surface area contributed by atoms with Crippen molar-refractivity contribution in [2.75, 3.05) is 0 Å². The molecule has 2 rings (SSSR count). The van der Waals surface area contributed by atoms with Crippen molar-refractivity contribution in [2.45, 2.75) is 31.7 Å². The van der Waals surface area contributed by atoms with Gasteiger partial charge < -0.3 is 4.74 Å². The summed E-state index contributed by atoms with van der Waals surface area (Å²) in [6.45, 7) is 2.38. The van der Waals surface area contributed by atoms with Gasteiger partial charge in [-0.1, -0.05) is 42.6 Å². The maximum absolute atomic E-state index is 9.07. The fourth-order valence-electron chi connectivity index (χ4n) is 2.20. The van der Waals surface area contributed by atoms with Gasteiger partial charge in [0.2, 0.25) is 0 Å². The van der Waals surface area contributed by atoms with Crippen LogP contribution >= 0.6 is 34.8 Å². The Hall–Kier alpha value is -1.40. The number of nitrogens with zero attached hydrogens (tertiary/aromatic N) is 1. The van der Waals surface area contributed by atoms with Crippen molar-refractivity contribution in [1.82, 2.24) is 0 Å². The van der Waals surface area contributed by atoms with Crippen molar-refractivity contribution >= 4 is 34.8 Å². The van der Waals surface area contributed by atoms with E-state index in [0.29, 0.717) is 28.0 Å². The van der Waals surface area contributed by atoms with Gasteiger partial charge in [-0.25, -0.2) is 0 Å². The highest BCUT2D eigenvalue weighted by Gasteiger charge is 2.15. The third-order valence-corrected chi connectivity index (χ3v) is 4.46. The number of benzene rings is 2. The van der Waals surface area contributed by atoms with Crippen molar-refractivity contribution in [2.24, 2.45) is 0 Å². The second-order valence-corrected chi connectivity index (χ2v) is 6.52. The van der Waals surface area contributed by atoms with E-state index < -0.39 is 0 Å². The number of halogens is 3. The van der Waals surface area contributed by atoms with Gasteiger partial charge in [0.05, 0.1) is 17.0 Å². The van der Waals surface area contributed by atoms with Crippen LogP contribution < -0.4 is 4.74 Å². The molecular formula is C18H16Cl3NO. The van der Waals surface area contributed by atoms with Gasteiger partial charge in [-0.2, -0.15) is 5.26 Å². The summed E-state index contributed by atoms with van der Waals surface area (Å²) in [6.07, 6.45) is 1.77. The SMILES string of the molecule is CCCC(Cl)c1cc(C#N)ccc1OCc1ccc(Cl)cc1Cl. The van der Waals surface area contributed by atoms with Crippen molar-refractivity contribution in [3.8, 4) is 11.8 Å². The zero-order valence-electron chi connectivity index (χ0n) is 12.7. The zero-order valence-corrected chi connectivity index (χ0v) is 14.9. The van der Waals surface area contributed by atoms with Crippen LogP contribution in [0.3, 0.4) is 0 Å². The standard InChI is InChI=1S/C18H16Cl3NO/c1-2-3-16(20)15-8-12(10-22)4-7-18(15)23-11-13-5-6-14(19)9-17(13)21/h4-9,16H,2-3,11H2,1H3. The van der Waals surface area contributed by atoms with Gasteiger partial charge in [0.25, 0.3) is 0 Å². The predicted molar refractivity (Wildman–Crippen MR) is 95.5 cm³/mol. The van der Waals surface area contributed by atoms with Crippen LogP contribution in [0.2, 0.25) is 10.0 Å². The van der Waals surface area contributed by atoms with Gasteiger partial charge in [0, 0.05) is 21.2 Å². The first-order valence-corrected chi connectivity index (χ1v) is 8.49. The van der Waals surface area contributed by atoms with Crippen LogP contribution in [0.25, 0.3) is 0 Å². The van der Waals surface area contributed by atoms with E-state index in [4.69, 9.17) is 44.8 Å². The number of alkyl halides is 1. The van der Waals surface area contributed by atoms with Crippen molar-refractivity contribution in [3.05, 3.63) is 63.1 Å². The summed E-state index contributed by atoms with van der Waals surface area (Å²) < 4.78 is 5.89. The summed E-state index contributed by atoms with van der Waals surface area (Å²) in [4.78, 5) is 0. The molecule has 0 bridgehead atoms. The highest BCUT2D eigenvalue weighted by molar-refractivity contribution is 6.35. The lowest BCUT2D eigenvalue weighted by atomic mass is 10.0. The lowest BCUT2D eigenvalue weighted by Crippen LogP contribution is -2.01. The molecule has 0 aromatic heterocycles. The first-order chi connectivity index (χ1) is 11.0. The number of ether oxygens (including phenoxy) is 1. The summed E-state index contributed by atoms with van der Waals surface area (Å²) in [5, 5.41) is 10.0. The summed E-state index contributed by atoms with van der Waals surface area (Å²) in [6, 6.07) is 12.7. The van der Waals surface area contributed by atoms with Gasteiger partial charge in [0.1, 0.15) is 12.4 Å². The largest absolute Gasteiger partial charge is 0.489 e. The molecule has 2 aromatic rings. The molecule has 2 aromatic carbocycles. The van der Waals surface area contributed by atoms with Gasteiger partial charge >= 0.3 is 0 Å². The quantitative estimate of drug-likeness (QED) is 0.543. The minimum Gasteiger partial charge on any atom is -0.489 e. The second-order valence-electron chi connectivity index (χ2n) is 5.15. The van der Waals surface area contributed by atoms with E-state index in [0.717, 1.165) is 24.0 Å². The topological polar surface area (TPSA) is 33.0 Å². The van der Waals surface area contributed by atoms with E-state index in [9.17, 15) is 0 Å². The van der Waals surface area contributed by atoms with E-state index in [-0.39, 0.29) is 5.38 Å². The summed E-state index contributed by atoms with van der Waals surface area (Å²) in [5.74, 6) is 0.670. The van der Waals surface area contributed by atoms with Crippen LogP contribution in [0, 0.1) is 11.3 Å². The molecule has 1 unspecified atom stereocenters. The molecule has 0 amide bonds. The number of nitriles is 1. The van der Waals surface area contributed by atoms with E-state index in [1.54, 1.807) is 30.3 Å². The van der Waals surface area contributed by atoms with Gasteiger partial charge in [-0.05, 0) is 36.8 Å². The monoisotopic (exact) mass is 367 g/mol. The number of hydrogen-bond donors (Lipinski definition) is 0. The Labute approximate surface area is 151 Å². The van der Waals surface area contributed by atoms with Crippen molar-refractivity contribution < 1.29 is 4.74 Å². The summed E-state index contributed by atoms with van der Waals surface area (Å²) in [5.41, 5.74) is 2.24. The lowest BCUT2D eigenvalue weighted by molar-refractivity contribution is 0.302. The molecule has 0 N–H and O–H groups in total. The van der Waals surface area contributed by atoms with Crippen LogP contribution in [0.4, 0.5) is 0 Å². The molecule has 2 nitrogen and oxygen atoms in total. The molecule has 0 aliphatic rings. The van der Waals surface area contributed by atoms with E-state index >= 15 is 0 Å². The zero-order chi connectivity index (χ0) is 16.8. The Morgan fingerprint density at radius 1 is 1.17 bits per heavy atom. The molecule has 23 heavy (non-hydrogen) atoms. The minimum absolute atomic E-state index is 0.191. The molecule has 0 aliphatic heterocycles. The lowest BCUT2D eigenvalue weighted by Gasteiger charge is -2.16. The van der Waals surface area contributed by atoms with Crippen molar-refractivity contribution in [1.29, 1.82) is 5.26 Å². The second kappa shape index (κ2) is 8.45. The predicted octanol–water partition coefficient (Wildman–Crippen LogP) is 6.52. The van der Waals surface area contributed by atoms with Gasteiger partial charge in [0.15, 0.2) is 0 Å². The number of rotatable bonds is 6. The third kappa shape index (κ3) is 4.78. The number of hydrogen-bond acceptors (Lipinski definition) is 2. The highest BCUT2D eigenvalue weighted by atomic mass is 35.5. The summed E-state index contributed by atoms with van der Waals surface area (Å²) in [7, 11) is 0. The van der Waals surface area contributed by atoms with Crippen LogP contribution in [0.15, 0.2) is 36.4 Å². The maximum atomic E-state index is 9.07. The Balaban J connectivity index is 2.23. The molecule has 0 saturated heterocycles. The Kier molecular flexibility index (Phi) is 6.59. The van der Waals surface area contributed by atoms with Crippen LogP contribution in [-0.2, 0) is 6.61 Å². The highest BCUT2D eigenvalue weighted by Crippen LogP contribution is 2.34. The van der Waals surface area contributed by atoms with Gasteiger partial charge in [-0.15, -0.1) is 11.6 Å². The summed E-state index contributed by atoms with van der Waals surface area (Å²) >= 11 is 18.5. The average molecular weight is 369 g/mol. The van der Waals surface area contributed by atoms with E-state index in [1.165, 1.54) is 0 Å². The molecule has 0 spiro atoms. The van der Waals surface area contributed by atoms with E-state index in [1.807, 2.05) is 6.07 Å². The molecule has 1 atom stereocenters. The third-order valence-electron chi connectivity index (χ3n) is 3.42. The first-order valence-electron chi connectivity index (χ1n) is 7.30. The average Bonchev–Trinajstić information content (AvgIpc) is 2.54. The molecule has 0 heterocycles. The minimum atomic E-state index is -0.191. The Morgan fingerprint density at radius 2 is 1.96 bits per heavy atom. The molecule has 0 radical (unpaired) electrons. The van der Waals surface area contributed by atoms with E-state index in [2.05, 4.69) is 13.0 Å². The fraction of sp³-hybridized carbons (Fsp3) is 0.278. The molecule has 0 saturated carbocycles. The molecular weight excluding hydrogens is 353 g/mol. The Morgan fingerprint density at radius 3 is 2.61 bits per heavy atom. The maximum Gasteiger partial charge on any atom is 0.124 e. The van der Waals surface area contributed by atoms with Crippen LogP contribution in [0.1, 0.15) is 41.8 Å². The van der Waals surface area contributed by atoms with Crippen LogP contribution in [0.5, 0.6) is 5.75 Å². The van der Waals surface area contributed by atoms with Gasteiger partial charge in [-0.3, -0.25) is 0 Å². The molecule has 120 valence electrons. The molecule has 0 aliphatic carbocycles. The first kappa shape index (κ1) is 17.9. The Bertz CT molecular complexity index is 725. The molecule has 0 fully saturated rings. The fourth-order valence-corrected chi connectivity index (χ4v) is 3.05. The van der Waals surface area contributed by atoms with Crippen molar-refractivity contribution in [3.63, 3.8) is 0 Å².